The molecular weight excluding hydrogens is 294 g/mol. The molecule has 1 aliphatic rings. The number of nitrogens with zero attached hydrogens (tertiary/aromatic N) is 6. The van der Waals surface area contributed by atoms with Gasteiger partial charge in [0.15, 0.2) is 0 Å². The van der Waals surface area contributed by atoms with Gasteiger partial charge in [0.1, 0.15) is 6.54 Å². The topological polar surface area (TPSA) is 139 Å². The van der Waals surface area contributed by atoms with Gasteiger partial charge in [-0.05, 0) is 0 Å². The predicted octanol–water partition coefficient (Wildman–Crippen LogP) is -2.72. The second-order valence-electron chi connectivity index (χ2n) is 4.58. The number of carbonyl (C=O) groups excluding carboxylic acids is 2. The van der Waals surface area contributed by atoms with Crippen LogP contribution in [0.5, 0.6) is 6.01 Å². The van der Waals surface area contributed by atoms with Gasteiger partial charge in [0.25, 0.3) is 0 Å². The first-order valence-corrected chi connectivity index (χ1v) is 6.17. The second-order valence-corrected chi connectivity index (χ2v) is 4.58. The fourth-order valence-corrected chi connectivity index (χ4v) is 1.76. The maximum absolute atomic E-state index is 11.8. The largest absolute Gasteiger partial charge is 0.548 e. The highest BCUT2D eigenvalue weighted by atomic mass is 16.5. The summed E-state index contributed by atoms with van der Waals surface area (Å²) in [6, 6.07) is 0.0206. The number of rotatable bonds is 5. The van der Waals surface area contributed by atoms with Crippen LogP contribution in [0, 0.1) is 5.41 Å². The van der Waals surface area contributed by atoms with Crippen LogP contribution in [0.15, 0.2) is 0 Å². The molecule has 118 valence electrons. The minimum Gasteiger partial charge on any atom is -0.548 e. The van der Waals surface area contributed by atoms with E-state index in [4.69, 9.17) is 10.1 Å². The number of hydrogen-bond donors (Lipinski definition) is 1. The van der Waals surface area contributed by atoms with Crippen molar-refractivity contribution in [3.05, 3.63) is 0 Å². The van der Waals surface area contributed by atoms with Crippen LogP contribution in [0.3, 0.4) is 0 Å². The first-order chi connectivity index (χ1) is 10.3. The van der Waals surface area contributed by atoms with Crippen LogP contribution in [0.1, 0.15) is 0 Å². The summed E-state index contributed by atoms with van der Waals surface area (Å²) in [5.41, 5.74) is 0. The van der Waals surface area contributed by atoms with E-state index in [1.54, 1.807) is 19.0 Å². The van der Waals surface area contributed by atoms with E-state index in [0.29, 0.717) is 0 Å². The van der Waals surface area contributed by atoms with Crippen molar-refractivity contribution in [3.8, 4) is 6.01 Å². The lowest BCUT2D eigenvalue weighted by Crippen LogP contribution is -2.42. The number of anilines is 2. The summed E-state index contributed by atoms with van der Waals surface area (Å²) in [7, 11) is 4.80. The van der Waals surface area contributed by atoms with E-state index in [-0.39, 0.29) is 30.4 Å². The van der Waals surface area contributed by atoms with Crippen LogP contribution in [-0.4, -0.2) is 72.0 Å². The van der Waals surface area contributed by atoms with Crippen molar-refractivity contribution in [1.29, 1.82) is 5.41 Å². The number of ether oxygens (including phenoxy) is 1. The molecule has 1 saturated heterocycles. The third kappa shape index (κ3) is 2.87. The number of hydrogen-bond acceptors (Lipinski definition) is 9. The van der Waals surface area contributed by atoms with Gasteiger partial charge in [0.05, 0.1) is 19.6 Å². The van der Waals surface area contributed by atoms with Crippen molar-refractivity contribution in [3.63, 3.8) is 0 Å². The van der Waals surface area contributed by atoms with E-state index in [2.05, 4.69) is 15.0 Å². The van der Waals surface area contributed by atoms with Crippen LogP contribution in [0.4, 0.5) is 11.9 Å². The van der Waals surface area contributed by atoms with Crippen molar-refractivity contribution in [2.45, 2.75) is 0 Å². The molecule has 1 N–H and O–H groups in total. The van der Waals surface area contributed by atoms with Gasteiger partial charge in [-0.25, -0.2) is 0 Å². The number of carbonyl (C=O) groups is 2. The van der Waals surface area contributed by atoms with Crippen molar-refractivity contribution >= 4 is 29.7 Å². The Morgan fingerprint density at radius 2 is 2.09 bits per heavy atom. The van der Waals surface area contributed by atoms with Crippen LogP contribution < -0.4 is 19.6 Å². The average Bonchev–Trinajstić information content (AvgIpc) is 2.74. The zero-order chi connectivity index (χ0) is 16.4. The summed E-state index contributed by atoms with van der Waals surface area (Å²) in [6.07, 6.45) is 0. The van der Waals surface area contributed by atoms with Crippen molar-refractivity contribution in [2.75, 3.05) is 44.1 Å². The Morgan fingerprint density at radius 1 is 1.41 bits per heavy atom. The molecule has 0 atom stereocenters. The van der Waals surface area contributed by atoms with E-state index in [0.717, 1.165) is 4.90 Å². The molecule has 0 bridgehead atoms. The standard InChI is InChI=1S/C11H15N7O4/c1-16(2)9-13-10(15-11(14-9)22-3)18-4-6(19)17(8(18)12)5-7(20)21/h12H,4-5H2,1-3H3,(H,20,21)/p-1. The Labute approximate surface area is 125 Å². The highest BCUT2D eigenvalue weighted by Crippen LogP contribution is 2.20. The monoisotopic (exact) mass is 308 g/mol. The number of carboxylic acids is 1. The van der Waals surface area contributed by atoms with Gasteiger partial charge in [0, 0.05) is 14.1 Å². The Kier molecular flexibility index (Phi) is 4.06. The molecule has 1 amide bonds. The number of guanidine groups is 1. The zero-order valence-electron chi connectivity index (χ0n) is 12.2. The fourth-order valence-electron chi connectivity index (χ4n) is 1.76. The minimum atomic E-state index is -1.46. The number of nitrogens with one attached hydrogen (secondary N) is 1. The van der Waals surface area contributed by atoms with E-state index >= 15 is 0 Å². The third-order valence-electron chi connectivity index (χ3n) is 2.81. The molecule has 0 aromatic carbocycles. The lowest BCUT2D eigenvalue weighted by atomic mass is 10.5. The molecule has 1 fully saturated rings. The third-order valence-corrected chi connectivity index (χ3v) is 2.81. The van der Waals surface area contributed by atoms with Crippen molar-refractivity contribution in [2.24, 2.45) is 0 Å². The molecule has 2 rings (SSSR count). The molecule has 11 nitrogen and oxygen atoms in total. The molecule has 22 heavy (non-hydrogen) atoms. The van der Waals surface area contributed by atoms with Crippen LogP contribution >= 0.6 is 0 Å². The van der Waals surface area contributed by atoms with Gasteiger partial charge in [-0.2, -0.15) is 15.0 Å². The highest BCUT2D eigenvalue weighted by Gasteiger charge is 2.36. The smallest absolute Gasteiger partial charge is 0.322 e. The molecule has 11 heteroatoms. The first-order valence-electron chi connectivity index (χ1n) is 6.17. The normalized spacial score (nSPS) is 14.5. The minimum absolute atomic E-state index is 0.0206. The average molecular weight is 308 g/mol. The molecule has 1 aromatic heterocycles. The summed E-state index contributed by atoms with van der Waals surface area (Å²) in [5, 5.41) is 18.6. The first kappa shape index (κ1) is 15.4. The number of aliphatic carboxylic acids is 1. The highest BCUT2D eigenvalue weighted by molar-refractivity contribution is 6.13. The Bertz CT molecular complexity index is 633. The van der Waals surface area contributed by atoms with Gasteiger partial charge in [-0.15, -0.1) is 0 Å². The number of aromatic nitrogens is 3. The Morgan fingerprint density at radius 3 is 2.64 bits per heavy atom. The van der Waals surface area contributed by atoms with Crippen LogP contribution in [-0.2, 0) is 9.59 Å². The molecule has 0 spiro atoms. The number of amides is 1. The zero-order valence-corrected chi connectivity index (χ0v) is 12.2. The summed E-state index contributed by atoms with van der Waals surface area (Å²) in [4.78, 5) is 38.1. The lowest BCUT2D eigenvalue weighted by molar-refractivity contribution is -0.305. The van der Waals surface area contributed by atoms with Gasteiger partial charge in [-0.1, -0.05) is 0 Å². The molecule has 1 aromatic rings. The molecular formula is C11H14N7O4-. The molecule has 1 aliphatic heterocycles. The van der Waals surface area contributed by atoms with Crippen LogP contribution in [0.25, 0.3) is 0 Å². The lowest BCUT2D eigenvalue weighted by Gasteiger charge is -2.20. The van der Waals surface area contributed by atoms with Gasteiger partial charge in [-0.3, -0.25) is 20.0 Å². The van der Waals surface area contributed by atoms with Crippen LogP contribution in [0.2, 0.25) is 0 Å². The Balaban J connectivity index is 2.36. The second kappa shape index (κ2) is 5.79. The SMILES string of the molecule is COc1nc(N(C)C)nc(N2CC(=O)N(CC(=O)[O-])C2=N)n1. The van der Waals surface area contributed by atoms with Gasteiger partial charge >= 0.3 is 6.01 Å². The quantitative estimate of drug-likeness (QED) is 0.614. The molecule has 0 unspecified atom stereocenters. The molecule has 2 heterocycles. The Hall–Kier alpha value is -2.98. The van der Waals surface area contributed by atoms with Gasteiger partial charge in [0.2, 0.25) is 23.8 Å². The van der Waals surface area contributed by atoms with E-state index < -0.39 is 18.4 Å². The summed E-state index contributed by atoms with van der Waals surface area (Å²) >= 11 is 0. The maximum Gasteiger partial charge on any atom is 0.322 e. The maximum atomic E-state index is 11.8. The van der Waals surface area contributed by atoms with Crippen molar-refractivity contribution < 1.29 is 19.4 Å². The van der Waals surface area contributed by atoms with E-state index in [1.807, 2.05) is 0 Å². The van der Waals surface area contributed by atoms with E-state index in [1.165, 1.54) is 12.0 Å². The fraction of sp³-hybridized carbons (Fsp3) is 0.455. The van der Waals surface area contributed by atoms with Gasteiger partial charge < -0.3 is 19.5 Å². The van der Waals surface area contributed by atoms with Crippen molar-refractivity contribution in [1.82, 2.24) is 19.9 Å². The summed E-state index contributed by atoms with van der Waals surface area (Å²) in [6.45, 7) is -0.941. The summed E-state index contributed by atoms with van der Waals surface area (Å²) < 4.78 is 4.97. The van der Waals surface area contributed by atoms with E-state index in [9.17, 15) is 14.7 Å². The predicted molar refractivity (Wildman–Crippen MR) is 72.5 cm³/mol. The number of methoxy groups -OCH3 is 1. The molecule has 0 radical (unpaired) electrons. The number of carboxylic acid groups (broad SMARTS) is 1. The molecule has 0 saturated carbocycles. The summed E-state index contributed by atoms with van der Waals surface area (Å²) in [5.74, 6) is -2.05. The molecule has 0 aliphatic carbocycles.